The molecule has 0 aliphatic heterocycles. The first-order valence-electron chi connectivity index (χ1n) is 10.2. The first kappa shape index (κ1) is 21.9. The predicted molar refractivity (Wildman–Crippen MR) is 109 cm³/mol. The zero-order chi connectivity index (χ0) is 21.7. The Hall–Kier alpha value is -2.77. The number of hydrogen-bond donors (Lipinski definition) is 2. The molecule has 0 unspecified atom stereocenters. The van der Waals surface area contributed by atoms with Gasteiger partial charge in [-0.15, -0.1) is 0 Å². The molecule has 6 nitrogen and oxygen atoms in total. The number of pyridine rings is 2. The number of methoxy groups -OCH3 is 1. The lowest BCUT2D eigenvalue weighted by molar-refractivity contribution is 0.0908. The van der Waals surface area contributed by atoms with E-state index >= 15 is 0 Å². The standard InChI is InChI=1S/C22H27F2N3O3/c1-3-17(27-21(29)15-8-9-18(28)26-12-15)14-6-4-13(5-7-14)16-10-11-25-22(30-2)19(16)20(23)24/h8-14,17,20H,3-7H2,1-2H3,(H,26,28)(H,27,29)/t13?,14?,17-/m1/s1. The number of halogens is 2. The minimum absolute atomic E-state index is 0.00748. The fraction of sp³-hybridized carbons (Fsp3) is 0.500. The molecule has 1 fully saturated rings. The number of aromatic nitrogens is 2. The van der Waals surface area contributed by atoms with Crippen LogP contribution in [-0.2, 0) is 0 Å². The van der Waals surface area contributed by atoms with Crippen LogP contribution in [0.25, 0.3) is 0 Å². The van der Waals surface area contributed by atoms with E-state index in [1.807, 2.05) is 6.92 Å². The maximum atomic E-state index is 13.6. The Labute approximate surface area is 174 Å². The topological polar surface area (TPSA) is 84.1 Å². The van der Waals surface area contributed by atoms with Crippen molar-refractivity contribution in [2.75, 3.05) is 7.11 Å². The smallest absolute Gasteiger partial charge is 0.269 e. The number of nitrogens with zero attached hydrogens (tertiary/aromatic N) is 1. The summed E-state index contributed by atoms with van der Waals surface area (Å²) in [6, 6.07) is 4.49. The second-order valence-electron chi connectivity index (χ2n) is 7.67. The summed E-state index contributed by atoms with van der Waals surface area (Å²) in [5, 5.41) is 3.06. The van der Waals surface area contributed by atoms with Gasteiger partial charge in [0.25, 0.3) is 12.3 Å². The van der Waals surface area contributed by atoms with Gasteiger partial charge >= 0.3 is 0 Å². The molecule has 3 rings (SSSR count). The number of ether oxygens (including phenoxy) is 1. The molecule has 2 aromatic heterocycles. The highest BCUT2D eigenvalue weighted by molar-refractivity contribution is 5.94. The van der Waals surface area contributed by atoms with Crippen molar-refractivity contribution in [1.29, 1.82) is 0 Å². The molecular formula is C22H27F2N3O3. The number of aromatic amines is 1. The van der Waals surface area contributed by atoms with E-state index in [0.29, 0.717) is 11.1 Å². The molecule has 0 saturated heterocycles. The van der Waals surface area contributed by atoms with Gasteiger partial charge in [-0.25, -0.2) is 13.8 Å². The third kappa shape index (κ3) is 4.86. The second-order valence-corrected chi connectivity index (χ2v) is 7.67. The average molecular weight is 419 g/mol. The molecule has 0 spiro atoms. The van der Waals surface area contributed by atoms with Gasteiger partial charge in [-0.3, -0.25) is 9.59 Å². The van der Waals surface area contributed by atoms with Crippen LogP contribution < -0.4 is 15.6 Å². The quantitative estimate of drug-likeness (QED) is 0.705. The van der Waals surface area contributed by atoms with Gasteiger partial charge < -0.3 is 15.0 Å². The Morgan fingerprint density at radius 2 is 2.00 bits per heavy atom. The Bertz CT molecular complexity index is 904. The van der Waals surface area contributed by atoms with Gasteiger partial charge in [0, 0.05) is 24.5 Å². The van der Waals surface area contributed by atoms with Gasteiger partial charge in [-0.1, -0.05) is 6.92 Å². The van der Waals surface area contributed by atoms with Crippen molar-refractivity contribution in [3.8, 4) is 5.88 Å². The lowest BCUT2D eigenvalue weighted by atomic mass is 9.74. The Balaban J connectivity index is 1.66. The molecule has 2 aromatic rings. The summed E-state index contributed by atoms with van der Waals surface area (Å²) in [6.07, 6.45) is 4.27. The van der Waals surface area contributed by atoms with Crippen LogP contribution in [0.15, 0.2) is 35.4 Å². The molecule has 1 amide bonds. The van der Waals surface area contributed by atoms with Gasteiger partial charge in [0.1, 0.15) is 0 Å². The van der Waals surface area contributed by atoms with Crippen LogP contribution in [0.1, 0.15) is 72.9 Å². The number of carbonyl (C=O) groups is 1. The molecule has 1 saturated carbocycles. The van der Waals surface area contributed by atoms with Crippen molar-refractivity contribution in [3.63, 3.8) is 0 Å². The first-order valence-corrected chi connectivity index (χ1v) is 10.2. The third-order valence-corrected chi connectivity index (χ3v) is 5.98. The Morgan fingerprint density at radius 3 is 2.57 bits per heavy atom. The summed E-state index contributed by atoms with van der Waals surface area (Å²) in [5.41, 5.74) is 0.655. The van der Waals surface area contributed by atoms with Crippen LogP contribution in [0.3, 0.4) is 0 Å². The molecule has 1 aliphatic rings. The zero-order valence-corrected chi connectivity index (χ0v) is 17.2. The highest BCUT2D eigenvalue weighted by Gasteiger charge is 2.32. The summed E-state index contributed by atoms with van der Waals surface area (Å²) in [6.45, 7) is 2.02. The lowest BCUT2D eigenvalue weighted by Crippen LogP contribution is -2.41. The third-order valence-electron chi connectivity index (χ3n) is 5.98. The molecule has 8 heteroatoms. The molecule has 2 heterocycles. The number of hydrogen-bond acceptors (Lipinski definition) is 4. The van der Waals surface area contributed by atoms with Crippen molar-refractivity contribution in [1.82, 2.24) is 15.3 Å². The van der Waals surface area contributed by atoms with Gasteiger partial charge in [-0.05, 0) is 61.6 Å². The van der Waals surface area contributed by atoms with Crippen LogP contribution in [0, 0.1) is 5.92 Å². The zero-order valence-electron chi connectivity index (χ0n) is 17.2. The minimum atomic E-state index is -2.64. The SMILES string of the molecule is CC[C@@H](NC(=O)c1ccc(=O)[nH]c1)C1CCC(c2ccnc(OC)c2C(F)F)CC1. The maximum Gasteiger partial charge on any atom is 0.269 e. The van der Waals surface area contributed by atoms with Crippen LogP contribution in [0.2, 0.25) is 0 Å². The number of nitrogens with one attached hydrogen (secondary N) is 2. The summed E-state index contributed by atoms with van der Waals surface area (Å²) >= 11 is 0. The summed E-state index contributed by atoms with van der Waals surface area (Å²) in [7, 11) is 1.35. The summed E-state index contributed by atoms with van der Waals surface area (Å²) < 4.78 is 32.3. The molecular weight excluding hydrogens is 392 g/mol. The summed E-state index contributed by atoms with van der Waals surface area (Å²) in [5.74, 6) is 0.0644. The molecule has 1 atom stereocenters. The highest BCUT2D eigenvalue weighted by atomic mass is 19.3. The first-order chi connectivity index (χ1) is 14.4. The second kappa shape index (κ2) is 9.82. The Kier molecular flexibility index (Phi) is 7.18. The number of rotatable bonds is 7. The number of carbonyl (C=O) groups excluding carboxylic acids is 1. The fourth-order valence-electron chi connectivity index (χ4n) is 4.40. The van der Waals surface area contributed by atoms with E-state index in [1.54, 1.807) is 6.07 Å². The van der Waals surface area contributed by atoms with Crippen molar-refractivity contribution < 1.29 is 18.3 Å². The Morgan fingerprint density at radius 1 is 1.27 bits per heavy atom. The van der Waals surface area contributed by atoms with E-state index in [0.717, 1.165) is 32.1 Å². The van der Waals surface area contributed by atoms with Crippen LogP contribution in [0.5, 0.6) is 5.88 Å². The maximum absolute atomic E-state index is 13.6. The van der Waals surface area contributed by atoms with E-state index in [1.165, 1.54) is 31.6 Å². The molecule has 0 bridgehead atoms. The van der Waals surface area contributed by atoms with Crippen molar-refractivity contribution in [2.45, 2.75) is 57.4 Å². The van der Waals surface area contributed by atoms with E-state index in [2.05, 4.69) is 15.3 Å². The van der Waals surface area contributed by atoms with Crippen molar-refractivity contribution >= 4 is 5.91 Å². The molecule has 2 N–H and O–H groups in total. The van der Waals surface area contributed by atoms with Crippen molar-refractivity contribution in [2.24, 2.45) is 5.92 Å². The number of alkyl halides is 2. The molecule has 0 radical (unpaired) electrons. The van der Waals surface area contributed by atoms with E-state index in [4.69, 9.17) is 4.74 Å². The van der Waals surface area contributed by atoms with Gasteiger partial charge in [0.15, 0.2) is 0 Å². The highest BCUT2D eigenvalue weighted by Crippen LogP contribution is 2.42. The largest absolute Gasteiger partial charge is 0.481 e. The molecule has 162 valence electrons. The van der Waals surface area contributed by atoms with Gasteiger partial charge in [-0.2, -0.15) is 0 Å². The van der Waals surface area contributed by atoms with Gasteiger partial charge in [0.05, 0.1) is 18.2 Å². The average Bonchev–Trinajstić information content (AvgIpc) is 2.77. The van der Waals surface area contributed by atoms with Crippen LogP contribution in [-0.4, -0.2) is 29.0 Å². The fourth-order valence-corrected chi connectivity index (χ4v) is 4.40. The monoisotopic (exact) mass is 419 g/mol. The lowest BCUT2D eigenvalue weighted by Gasteiger charge is -2.34. The van der Waals surface area contributed by atoms with Gasteiger partial charge in [0.2, 0.25) is 11.4 Å². The molecule has 1 aliphatic carbocycles. The minimum Gasteiger partial charge on any atom is -0.481 e. The number of H-pyrrole nitrogens is 1. The van der Waals surface area contributed by atoms with E-state index < -0.39 is 6.43 Å². The van der Waals surface area contributed by atoms with Crippen LogP contribution >= 0.6 is 0 Å². The van der Waals surface area contributed by atoms with Crippen molar-refractivity contribution in [3.05, 3.63) is 57.6 Å². The van der Waals surface area contributed by atoms with Crippen LogP contribution in [0.4, 0.5) is 8.78 Å². The molecule has 30 heavy (non-hydrogen) atoms. The predicted octanol–water partition coefficient (Wildman–Crippen LogP) is 4.20. The normalized spacial score (nSPS) is 20.0. The number of amides is 1. The van der Waals surface area contributed by atoms with E-state index in [-0.39, 0.29) is 40.8 Å². The summed E-state index contributed by atoms with van der Waals surface area (Å²) in [4.78, 5) is 30.1. The van der Waals surface area contributed by atoms with E-state index in [9.17, 15) is 18.4 Å². The molecule has 0 aromatic carbocycles.